The van der Waals surface area contributed by atoms with Crippen molar-refractivity contribution in [2.45, 2.75) is 31.5 Å². The summed E-state index contributed by atoms with van der Waals surface area (Å²) in [6, 6.07) is 18.6. The van der Waals surface area contributed by atoms with Gasteiger partial charge in [-0.05, 0) is 35.3 Å². The first kappa shape index (κ1) is 15.2. The maximum atomic E-state index is 11.4. The van der Waals surface area contributed by atoms with E-state index in [0.717, 1.165) is 12.0 Å². The highest BCUT2D eigenvalue weighted by molar-refractivity contribution is 5.72. The van der Waals surface area contributed by atoms with Crippen molar-refractivity contribution in [3.8, 4) is 0 Å². The lowest BCUT2D eigenvalue weighted by Gasteiger charge is -2.37. The molecule has 2 aromatic carbocycles. The Morgan fingerprint density at radius 2 is 1.75 bits per heavy atom. The largest absolute Gasteiger partial charge is 0.462 e. The summed E-state index contributed by atoms with van der Waals surface area (Å²) in [4.78, 5) is 11.4. The van der Waals surface area contributed by atoms with Crippen molar-refractivity contribution in [1.29, 1.82) is 0 Å². The van der Waals surface area contributed by atoms with Gasteiger partial charge in [0.15, 0.2) is 0 Å². The molecule has 3 heteroatoms. The Bertz CT molecular complexity index is 824. The van der Waals surface area contributed by atoms with Crippen molar-refractivity contribution in [3.05, 3.63) is 77.4 Å². The molecule has 122 valence electrons. The Labute approximate surface area is 141 Å². The van der Waals surface area contributed by atoms with Crippen LogP contribution in [0, 0.1) is 0 Å². The number of carbonyl (C=O) groups excluding carboxylic acids is 1. The summed E-state index contributed by atoms with van der Waals surface area (Å²) in [6.45, 7) is 3.75. The van der Waals surface area contributed by atoms with Crippen LogP contribution in [-0.2, 0) is 25.5 Å². The smallest absolute Gasteiger partial charge is 0.302 e. The van der Waals surface area contributed by atoms with E-state index in [2.05, 4.69) is 37.3 Å². The molecule has 24 heavy (non-hydrogen) atoms. The first-order valence-electron chi connectivity index (χ1n) is 8.23. The number of ether oxygens (including phenoxy) is 2. The highest BCUT2D eigenvalue weighted by Crippen LogP contribution is 2.56. The first-order valence-corrected chi connectivity index (χ1v) is 8.23. The zero-order valence-electron chi connectivity index (χ0n) is 13.9. The van der Waals surface area contributed by atoms with Gasteiger partial charge in [0.05, 0.1) is 5.60 Å². The van der Waals surface area contributed by atoms with E-state index in [4.69, 9.17) is 9.47 Å². The summed E-state index contributed by atoms with van der Waals surface area (Å²) < 4.78 is 11.9. The third-order valence-corrected chi connectivity index (χ3v) is 4.93. The Balaban J connectivity index is 1.86. The van der Waals surface area contributed by atoms with Gasteiger partial charge in [-0.2, -0.15) is 0 Å². The molecule has 4 rings (SSSR count). The van der Waals surface area contributed by atoms with Crippen molar-refractivity contribution in [2.24, 2.45) is 0 Å². The van der Waals surface area contributed by atoms with Crippen molar-refractivity contribution in [1.82, 2.24) is 0 Å². The minimum atomic E-state index is -0.708. The molecule has 0 saturated heterocycles. The summed E-state index contributed by atoms with van der Waals surface area (Å²) in [7, 11) is 0. The summed E-state index contributed by atoms with van der Waals surface area (Å²) >= 11 is 0. The number of hydrogen-bond acceptors (Lipinski definition) is 3. The summed E-state index contributed by atoms with van der Waals surface area (Å²) in [6.07, 6.45) is 2.94. The molecule has 0 aliphatic carbocycles. The highest BCUT2D eigenvalue weighted by Gasteiger charge is 2.53. The van der Waals surface area contributed by atoms with Gasteiger partial charge in [-0.25, -0.2) is 0 Å². The summed E-state index contributed by atoms with van der Waals surface area (Å²) in [5.74, 6) is -0.292. The molecule has 0 spiro atoms. The second-order valence-corrected chi connectivity index (χ2v) is 6.76. The third-order valence-electron chi connectivity index (χ3n) is 4.93. The third kappa shape index (κ3) is 2.28. The van der Waals surface area contributed by atoms with Gasteiger partial charge in [0.1, 0.15) is 12.2 Å². The molecule has 2 aliphatic rings. The lowest BCUT2D eigenvalue weighted by molar-refractivity contribution is -0.164. The molecule has 3 nitrogen and oxygen atoms in total. The van der Waals surface area contributed by atoms with Gasteiger partial charge in [0.2, 0.25) is 0 Å². The van der Waals surface area contributed by atoms with Gasteiger partial charge in [-0.3, -0.25) is 4.79 Å². The van der Waals surface area contributed by atoms with Crippen LogP contribution >= 0.6 is 0 Å². The summed E-state index contributed by atoms with van der Waals surface area (Å²) in [5.41, 5.74) is 3.58. The quantitative estimate of drug-likeness (QED) is 0.796. The van der Waals surface area contributed by atoms with Crippen LogP contribution in [0.3, 0.4) is 0 Å². The van der Waals surface area contributed by atoms with E-state index in [0.29, 0.717) is 0 Å². The van der Waals surface area contributed by atoms with Gasteiger partial charge in [0, 0.05) is 13.3 Å². The molecule has 2 bridgehead atoms. The van der Waals surface area contributed by atoms with E-state index in [1.54, 1.807) is 0 Å². The van der Waals surface area contributed by atoms with Crippen LogP contribution in [0.4, 0.5) is 0 Å². The van der Waals surface area contributed by atoms with Crippen molar-refractivity contribution >= 4 is 11.5 Å². The van der Waals surface area contributed by atoms with E-state index < -0.39 is 11.2 Å². The molecule has 0 fully saturated rings. The van der Waals surface area contributed by atoms with Gasteiger partial charge < -0.3 is 9.47 Å². The van der Waals surface area contributed by atoms with E-state index in [-0.39, 0.29) is 12.6 Å². The standard InChI is InChI=1S/C21H20O3/c1-15(22)23-14-21-13-17(16-8-4-3-5-9-16)12-20(2,24-21)18-10-6-7-11-19(18)21/h3-11,13H,12,14H2,1-2H3/t20-,21-/m0/s1. The van der Waals surface area contributed by atoms with Crippen LogP contribution in [0.2, 0.25) is 0 Å². The fourth-order valence-corrected chi connectivity index (χ4v) is 3.95. The SMILES string of the molecule is CC(=O)OC[C@]12C=C(c3ccccc3)C[C@](C)(O1)c1ccccc12. The zero-order chi connectivity index (χ0) is 16.8. The lowest BCUT2D eigenvalue weighted by atomic mass is 9.87. The molecule has 0 saturated carbocycles. The molecule has 0 aromatic heterocycles. The van der Waals surface area contributed by atoms with Crippen LogP contribution in [0.5, 0.6) is 0 Å². The first-order chi connectivity index (χ1) is 11.5. The molecule has 0 N–H and O–H groups in total. The second kappa shape index (κ2) is 5.32. The predicted molar refractivity (Wildman–Crippen MR) is 92.2 cm³/mol. The minimum Gasteiger partial charge on any atom is -0.462 e. The molecule has 0 amide bonds. The molecule has 2 aromatic rings. The average Bonchev–Trinajstić information content (AvgIpc) is 2.78. The number of rotatable bonds is 3. The molecule has 2 aliphatic heterocycles. The van der Waals surface area contributed by atoms with Crippen LogP contribution in [0.25, 0.3) is 5.57 Å². The Hall–Kier alpha value is -2.39. The summed E-state index contributed by atoms with van der Waals surface area (Å²) in [5, 5.41) is 0. The van der Waals surface area contributed by atoms with Crippen LogP contribution in [0.15, 0.2) is 60.7 Å². The molecule has 2 atom stereocenters. The van der Waals surface area contributed by atoms with Crippen molar-refractivity contribution in [2.75, 3.05) is 6.61 Å². The monoisotopic (exact) mass is 320 g/mol. The Morgan fingerprint density at radius 1 is 1.08 bits per heavy atom. The lowest BCUT2D eigenvalue weighted by Crippen LogP contribution is -2.37. The number of benzene rings is 2. The van der Waals surface area contributed by atoms with Crippen molar-refractivity contribution < 1.29 is 14.3 Å². The zero-order valence-corrected chi connectivity index (χ0v) is 13.9. The van der Waals surface area contributed by atoms with Gasteiger partial charge in [-0.15, -0.1) is 0 Å². The molecular formula is C21H20O3. The van der Waals surface area contributed by atoms with E-state index in [9.17, 15) is 4.79 Å². The molecular weight excluding hydrogens is 300 g/mol. The fourth-order valence-electron chi connectivity index (χ4n) is 3.95. The number of hydrogen-bond donors (Lipinski definition) is 0. The molecule has 2 heterocycles. The fraction of sp³-hybridized carbons (Fsp3) is 0.286. The molecule has 0 unspecified atom stereocenters. The van der Waals surface area contributed by atoms with Crippen LogP contribution in [-0.4, -0.2) is 12.6 Å². The Kier molecular flexibility index (Phi) is 3.36. The molecule has 0 radical (unpaired) electrons. The van der Waals surface area contributed by atoms with E-state index in [1.807, 2.05) is 30.3 Å². The number of esters is 1. The van der Waals surface area contributed by atoms with Gasteiger partial charge >= 0.3 is 5.97 Å². The number of fused-ring (bicyclic) bond motifs is 5. The van der Waals surface area contributed by atoms with Gasteiger partial charge in [0.25, 0.3) is 0 Å². The van der Waals surface area contributed by atoms with Gasteiger partial charge in [-0.1, -0.05) is 54.6 Å². The normalized spacial score (nSPS) is 27.3. The number of carbonyl (C=O) groups is 1. The maximum absolute atomic E-state index is 11.4. The van der Waals surface area contributed by atoms with E-state index in [1.165, 1.54) is 23.6 Å². The van der Waals surface area contributed by atoms with E-state index >= 15 is 0 Å². The van der Waals surface area contributed by atoms with Crippen LogP contribution < -0.4 is 0 Å². The maximum Gasteiger partial charge on any atom is 0.302 e. The average molecular weight is 320 g/mol. The van der Waals surface area contributed by atoms with Crippen LogP contribution in [0.1, 0.15) is 37.0 Å². The minimum absolute atomic E-state index is 0.200. The topological polar surface area (TPSA) is 35.5 Å². The second-order valence-electron chi connectivity index (χ2n) is 6.76. The Morgan fingerprint density at radius 3 is 2.46 bits per heavy atom. The highest BCUT2D eigenvalue weighted by atomic mass is 16.6. The van der Waals surface area contributed by atoms with Crippen molar-refractivity contribution in [3.63, 3.8) is 0 Å². The predicted octanol–water partition coefficient (Wildman–Crippen LogP) is 4.18.